The standard InChI is InChI=1S/C13H21N3/c1-13(2,3)7-11-6-12(16-9-15-11)14-8-10-4-5-10/h6,9-10H,4-5,7-8H2,1-3H3,(H,14,15,16). The third-order valence-electron chi connectivity index (χ3n) is 2.70. The Bertz CT molecular complexity index is 350. The fourth-order valence-corrected chi connectivity index (χ4v) is 1.71. The smallest absolute Gasteiger partial charge is 0.129 e. The molecular weight excluding hydrogens is 198 g/mol. The van der Waals surface area contributed by atoms with Gasteiger partial charge < -0.3 is 5.32 Å². The summed E-state index contributed by atoms with van der Waals surface area (Å²) in [6.45, 7) is 7.75. The van der Waals surface area contributed by atoms with E-state index >= 15 is 0 Å². The topological polar surface area (TPSA) is 37.8 Å². The lowest BCUT2D eigenvalue weighted by atomic mass is 9.90. The highest BCUT2D eigenvalue weighted by atomic mass is 15.0. The van der Waals surface area contributed by atoms with Gasteiger partial charge in [-0.25, -0.2) is 9.97 Å². The predicted octanol–water partition coefficient (Wildman–Crippen LogP) is 2.89. The first-order valence-electron chi connectivity index (χ1n) is 6.08. The van der Waals surface area contributed by atoms with E-state index in [0.717, 1.165) is 30.4 Å². The van der Waals surface area contributed by atoms with Crippen molar-refractivity contribution in [3.63, 3.8) is 0 Å². The van der Waals surface area contributed by atoms with Crippen molar-refractivity contribution in [3.05, 3.63) is 18.1 Å². The van der Waals surface area contributed by atoms with Crippen molar-refractivity contribution in [1.82, 2.24) is 9.97 Å². The molecule has 1 saturated carbocycles. The molecule has 16 heavy (non-hydrogen) atoms. The molecule has 0 spiro atoms. The number of nitrogens with one attached hydrogen (secondary N) is 1. The molecule has 0 radical (unpaired) electrons. The van der Waals surface area contributed by atoms with Crippen LogP contribution in [-0.2, 0) is 6.42 Å². The molecule has 0 amide bonds. The summed E-state index contributed by atoms with van der Waals surface area (Å²) in [7, 11) is 0. The van der Waals surface area contributed by atoms with Crippen LogP contribution in [0.5, 0.6) is 0 Å². The molecule has 1 aromatic heterocycles. The van der Waals surface area contributed by atoms with Gasteiger partial charge in [0.05, 0.1) is 0 Å². The highest BCUT2D eigenvalue weighted by molar-refractivity contribution is 5.35. The first-order valence-corrected chi connectivity index (χ1v) is 6.08. The van der Waals surface area contributed by atoms with Gasteiger partial charge in [-0.2, -0.15) is 0 Å². The third kappa shape index (κ3) is 3.80. The summed E-state index contributed by atoms with van der Waals surface area (Å²) < 4.78 is 0. The van der Waals surface area contributed by atoms with Gasteiger partial charge in [-0.05, 0) is 30.6 Å². The molecule has 3 heteroatoms. The molecule has 1 heterocycles. The maximum absolute atomic E-state index is 4.32. The van der Waals surface area contributed by atoms with Crippen LogP contribution in [0.1, 0.15) is 39.3 Å². The van der Waals surface area contributed by atoms with Crippen LogP contribution in [-0.4, -0.2) is 16.5 Å². The minimum atomic E-state index is 0.280. The van der Waals surface area contributed by atoms with Crippen LogP contribution in [0.4, 0.5) is 5.82 Å². The molecule has 88 valence electrons. The second-order valence-corrected chi connectivity index (χ2v) is 5.96. The lowest BCUT2D eigenvalue weighted by molar-refractivity contribution is 0.406. The fourth-order valence-electron chi connectivity index (χ4n) is 1.71. The Hall–Kier alpha value is -1.12. The molecule has 2 rings (SSSR count). The van der Waals surface area contributed by atoms with Crippen LogP contribution in [0.3, 0.4) is 0 Å². The second-order valence-electron chi connectivity index (χ2n) is 5.96. The SMILES string of the molecule is CC(C)(C)Cc1cc(NCC2CC2)ncn1. The molecule has 1 aliphatic carbocycles. The van der Waals surface area contributed by atoms with E-state index in [4.69, 9.17) is 0 Å². The molecule has 1 N–H and O–H groups in total. The number of rotatable bonds is 4. The van der Waals surface area contributed by atoms with Crippen LogP contribution in [0.2, 0.25) is 0 Å². The van der Waals surface area contributed by atoms with Crippen molar-refractivity contribution in [1.29, 1.82) is 0 Å². The predicted molar refractivity (Wildman–Crippen MR) is 66.4 cm³/mol. The van der Waals surface area contributed by atoms with Crippen molar-refractivity contribution < 1.29 is 0 Å². The normalized spacial score (nSPS) is 16.2. The van der Waals surface area contributed by atoms with Gasteiger partial charge in [0, 0.05) is 18.3 Å². The van der Waals surface area contributed by atoms with Gasteiger partial charge in [0.1, 0.15) is 12.1 Å². The van der Waals surface area contributed by atoms with Gasteiger partial charge in [0.15, 0.2) is 0 Å². The maximum Gasteiger partial charge on any atom is 0.129 e. The van der Waals surface area contributed by atoms with Crippen molar-refractivity contribution in [2.45, 2.75) is 40.0 Å². The Morgan fingerprint density at radius 2 is 2.06 bits per heavy atom. The van der Waals surface area contributed by atoms with Crippen LogP contribution in [0.15, 0.2) is 12.4 Å². The zero-order valence-electron chi connectivity index (χ0n) is 10.5. The van der Waals surface area contributed by atoms with Crippen molar-refractivity contribution in [2.24, 2.45) is 11.3 Å². The van der Waals surface area contributed by atoms with E-state index < -0.39 is 0 Å². The maximum atomic E-state index is 4.32. The largest absolute Gasteiger partial charge is 0.370 e. The molecule has 1 fully saturated rings. The number of hydrogen-bond acceptors (Lipinski definition) is 3. The van der Waals surface area contributed by atoms with Gasteiger partial charge >= 0.3 is 0 Å². The molecule has 0 aromatic carbocycles. The quantitative estimate of drug-likeness (QED) is 0.846. The molecule has 1 aliphatic rings. The molecule has 0 bridgehead atoms. The summed E-state index contributed by atoms with van der Waals surface area (Å²) >= 11 is 0. The Morgan fingerprint density at radius 3 is 2.69 bits per heavy atom. The molecule has 0 unspecified atom stereocenters. The number of anilines is 1. The van der Waals surface area contributed by atoms with E-state index in [1.807, 2.05) is 0 Å². The minimum absolute atomic E-state index is 0.280. The zero-order valence-corrected chi connectivity index (χ0v) is 10.5. The van der Waals surface area contributed by atoms with E-state index in [-0.39, 0.29) is 5.41 Å². The summed E-state index contributed by atoms with van der Waals surface area (Å²) in [5.74, 6) is 1.85. The Labute approximate surface area is 97.7 Å². The van der Waals surface area contributed by atoms with Crippen LogP contribution in [0.25, 0.3) is 0 Å². The monoisotopic (exact) mass is 219 g/mol. The van der Waals surface area contributed by atoms with E-state index in [0.29, 0.717) is 0 Å². The molecule has 0 aliphatic heterocycles. The zero-order chi connectivity index (χ0) is 11.6. The number of nitrogens with zero attached hydrogens (tertiary/aromatic N) is 2. The van der Waals surface area contributed by atoms with Gasteiger partial charge in [-0.15, -0.1) is 0 Å². The third-order valence-corrected chi connectivity index (χ3v) is 2.70. The van der Waals surface area contributed by atoms with E-state index in [1.165, 1.54) is 12.8 Å². The van der Waals surface area contributed by atoms with Gasteiger partial charge in [0.25, 0.3) is 0 Å². The van der Waals surface area contributed by atoms with E-state index in [9.17, 15) is 0 Å². The minimum Gasteiger partial charge on any atom is -0.370 e. The molecule has 0 atom stereocenters. The summed E-state index contributed by atoms with van der Waals surface area (Å²) in [5.41, 5.74) is 1.41. The van der Waals surface area contributed by atoms with Crippen molar-refractivity contribution in [2.75, 3.05) is 11.9 Å². The lowest BCUT2D eigenvalue weighted by Crippen LogP contribution is -2.12. The van der Waals surface area contributed by atoms with Crippen molar-refractivity contribution >= 4 is 5.82 Å². The average molecular weight is 219 g/mol. The van der Waals surface area contributed by atoms with Gasteiger partial charge in [-0.3, -0.25) is 0 Å². The van der Waals surface area contributed by atoms with Crippen LogP contribution < -0.4 is 5.32 Å². The average Bonchev–Trinajstić information content (AvgIpc) is 2.96. The molecule has 1 aromatic rings. The second kappa shape index (κ2) is 4.40. The Balaban J connectivity index is 1.95. The summed E-state index contributed by atoms with van der Waals surface area (Å²) in [6.07, 6.45) is 5.39. The Morgan fingerprint density at radius 1 is 1.31 bits per heavy atom. The highest BCUT2D eigenvalue weighted by Crippen LogP contribution is 2.28. The summed E-state index contributed by atoms with van der Waals surface area (Å²) in [5, 5.41) is 3.38. The van der Waals surface area contributed by atoms with E-state index in [2.05, 4.69) is 42.1 Å². The van der Waals surface area contributed by atoms with Crippen LogP contribution in [0, 0.1) is 11.3 Å². The van der Waals surface area contributed by atoms with Crippen LogP contribution >= 0.6 is 0 Å². The fraction of sp³-hybridized carbons (Fsp3) is 0.692. The molecule has 3 nitrogen and oxygen atoms in total. The lowest BCUT2D eigenvalue weighted by Gasteiger charge is -2.17. The first-order chi connectivity index (χ1) is 7.53. The number of aromatic nitrogens is 2. The summed E-state index contributed by atoms with van der Waals surface area (Å²) in [6, 6.07) is 2.08. The first kappa shape index (κ1) is 11.4. The number of hydrogen-bond donors (Lipinski definition) is 1. The van der Waals surface area contributed by atoms with E-state index in [1.54, 1.807) is 6.33 Å². The van der Waals surface area contributed by atoms with Crippen molar-refractivity contribution in [3.8, 4) is 0 Å². The van der Waals surface area contributed by atoms with Gasteiger partial charge in [-0.1, -0.05) is 20.8 Å². The highest BCUT2D eigenvalue weighted by Gasteiger charge is 2.20. The molecular formula is C13H21N3. The van der Waals surface area contributed by atoms with Gasteiger partial charge in [0.2, 0.25) is 0 Å². The summed E-state index contributed by atoms with van der Waals surface area (Å²) in [4.78, 5) is 8.56. The molecule has 0 saturated heterocycles. The Kier molecular flexibility index (Phi) is 3.13.